The number of carbonyl (C=O) groups is 1. The van der Waals surface area contributed by atoms with E-state index in [-0.39, 0.29) is 17.9 Å². The zero-order valence-electron chi connectivity index (χ0n) is 17.4. The fraction of sp³-hybridized carbons (Fsp3) is 0.409. The predicted octanol–water partition coefficient (Wildman–Crippen LogP) is 4.04. The van der Waals surface area contributed by atoms with Gasteiger partial charge in [0, 0.05) is 19.0 Å². The molecule has 1 amide bonds. The molecule has 1 fully saturated rings. The number of piperidine rings is 1. The number of hydrogen-bond donors (Lipinski definition) is 1. The van der Waals surface area contributed by atoms with Gasteiger partial charge in [-0.1, -0.05) is 23.8 Å². The molecule has 30 heavy (non-hydrogen) atoms. The number of hydrogen-bond acceptors (Lipinski definition) is 4. The Balaban J connectivity index is 1.58. The Morgan fingerprint density at radius 3 is 2.37 bits per heavy atom. The molecule has 1 aliphatic rings. The van der Waals surface area contributed by atoms with Crippen LogP contribution in [0.15, 0.2) is 51.8 Å². The summed E-state index contributed by atoms with van der Waals surface area (Å²) in [5.74, 6) is 0.500. The van der Waals surface area contributed by atoms with Gasteiger partial charge in [-0.15, -0.1) is 0 Å². The van der Waals surface area contributed by atoms with Crippen molar-refractivity contribution < 1.29 is 17.9 Å². The minimum Gasteiger partial charge on any atom is -0.496 e. The van der Waals surface area contributed by atoms with E-state index in [1.54, 1.807) is 31.4 Å². The molecule has 1 heterocycles. The average molecular weight is 495 g/mol. The summed E-state index contributed by atoms with van der Waals surface area (Å²) in [6.07, 6.45) is 1.02. The quantitative estimate of drug-likeness (QED) is 0.657. The molecule has 1 unspecified atom stereocenters. The summed E-state index contributed by atoms with van der Waals surface area (Å²) in [6, 6.07) is 12.4. The van der Waals surface area contributed by atoms with Crippen molar-refractivity contribution >= 4 is 31.9 Å². The first-order chi connectivity index (χ1) is 14.2. The zero-order valence-corrected chi connectivity index (χ0v) is 19.8. The molecule has 0 aromatic heterocycles. The summed E-state index contributed by atoms with van der Waals surface area (Å²) in [4.78, 5) is 13.0. The molecule has 0 bridgehead atoms. The van der Waals surface area contributed by atoms with Crippen LogP contribution in [0.1, 0.15) is 36.9 Å². The van der Waals surface area contributed by atoms with Gasteiger partial charge in [0.15, 0.2) is 0 Å². The molecule has 162 valence electrons. The Hall–Kier alpha value is -1.90. The number of amides is 1. The lowest BCUT2D eigenvalue weighted by molar-refractivity contribution is -0.126. The Morgan fingerprint density at radius 2 is 1.80 bits per heavy atom. The second-order valence-corrected chi connectivity index (χ2v) is 10.4. The molecule has 1 atom stereocenters. The number of rotatable bonds is 6. The summed E-state index contributed by atoms with van der Waals surface area (Å²) in [5.41, 5.74) is 1.98. The molecule has 6 nitrogen and oxygen atoms in total. The van der Waals surface area contributed by atoms with Gasteiger partial charge in [0.1, 0.15) is 5.75 Å². The SMILES string of the molecule is COc1ccc(C(C)NC(=O)C2CCN(S(=O)(=O)c3ccc(C)cc3)CC2)cc1Br. The second kappa shape index (κ2) is 9.49. The first kappa shape index (κ1) is 22.8. The van der Waals surface area contributed by atoms with Crippen LogP contribution in [0, 0.1) is 12.8 Å². The fourth-order valence-electron chi connectivity index (χ4n) is 3.58. The van der Waals surface area contributed by atoms with Gasteiger partial charge >= 0.3 is 0 Å². The van der Waals surface area contributed by atoms with Gasteiger partial charge < -0.3 is 10.1 Å². The van der Waals surface area contributed by atoms with Crippen molar-refractivity contribution in [2.75, 3.05) is 20.2 Å². The maximum Gasteiger partial charge on any atom is 0.243 e. The monoisotopic (exact) mass is 494 g/mol. The maximum atomic E-state index is 12.8. The molecule has 2 aromatic carbocycles. The van der Waals surface area contributed by atoms with Crippen molar-refractivity contribution in [3.8, 4) is 5.75 Å². The molecule has 0 saturated carbocycles. The molecule has 0 spiro atoms. The predicted molar refractivity (Wildman–Crippen MR) is 120 cm³/mol. The zero-order chi connectivity index (χ0) is 21.9. The van der Waals surface area contributed by atoms with E-state index in [9.17, 15) is 13.2 Å². The van der Waals surface area contributed by atoms with Gasteiger partial charge in [0.05, 0.1) is 22.5 Å². The molecular weight excluding hydrogens is 468 g/mol. The number of sulfonamides is 1. The van der Waals surface area contributed by atoms with Gasteiger partial charge in [-0.05, 0) is 72.4 Å². The Kier molecular flexibility index (Phi) is 7.21. The van der Waals surface area contributed by atoms with E-state index >= 15 is 0 Å². The van der Waals surface area contributed by atoms with Crippen LogP contribution >= 0.6 is 15.9 Å². The maximum absolute atomic E-state index is 12.8. The Bertz CT molecular complexity index is 1000. The minimum atomic E-state index is -3.52. The van der Waals surface area contributed by atoms with Crippen LogP contribution in [0.25, 0.3) is 0 Å². The Morgan fingerprint density at radius 1 is 1.17 bits per heavy atom. The number of nitrogens with one attached hydrogen (secondary N) is 1. The summed E-state index contributed by atoms with van der Waals surface area (Å²) < 4.78 is 33.2. The van der Waals surface area contributed by atoms with E-state index < -0.39 is 10.0 Å². The number of ether oxygens (including phenoxy) is 1. The molecule has 3 rings (SSSR count). The molecule has 0 radical (unpaired) electrons. The third-order valence-electron chi connectivity index (χ3n) is 5.52. The lowest BCUT2D eigenvalue weighted by atomic mass is 9.96. The Labute approximate surface area is 186 Å². The van der Waals surface area contributed by atoms with Gasteiger partial charge in [-0.3, -0.25) is 4.79 Å². The van der Waals surface area contributed by atoms with Gasteiger partial charge in [-0.2, -0.15) is 4.31 Å². The van der Waals surface area contributed by atoms with Crippen LogP contribution < -0.4 is 10.1 Å². The van der Waals surface area contributed by atoms with Crippen LogP contribution in [0.5, 0.6) is 5.75 Å². The number of nitrogens with zero attached hydrogens (tertiary/aromatic N) is 1. The molecule has 1 N–H and O–H groups in total. The van der Waals surface area contributed by atoms with E-state index in [0.29, 0.717) is 30.8 Å². The number of benzene rings is 2. The van der Waals surface area contributed by atoms with Gasteiger partial charge in [0.25, 0.3) is 0 Å². The van der Waals surface area contributed by atoms with E-state index in [2.05, 4.69) is 21.2 Å². The standard InChI is InChI=1S/C22H27BrN2O4S/c1-15-4-7-19(8-5-15)30(27,28)25-12-10-17(11-13-25)22(26)24-16(2)18-6-9-21(29-3)20(23)14-18/h4-9,14,16-17H,10-13H2,1-3H3,(H,24,26). The lowest BCUT2D eigenvalue weighted by Gasteiger charge is -2.31. The van der Waals surface area contributed by atoms with Gasteiger partial charge in [-0.25, -0.2) is 8.42 Å². The average Bonchev–Trinajstić information content (AvgIpc) is 2.74. The van der Waals surface area contributed by atoms with E-state index in [1.807, 2.05) is 32.0 Å². The number of carbonyl (C=O) groups excluding carboxylic acids is 1. The van der Waals surface area contributed by atoms with Crippen LogP contribution in [0.3, 0.4) is 0 Å². The molecular formula is C22H27BrN2O4S. The number of methoxy groups -OCH3 is 1. The van der Waals surface area contributed by atoms with E-state index in [0.717, 1.165) is 21.3 Å². The smallest absolute Gasteiger partial charge is 0.243 e. The normalized spacial score (nSPS) is 16.8. The molecule has 1 saturated heterocycles. The third-order valence-corrected chi connectivity index (χ3v) is 8.05. The topological polar surface area (TPSA) is 75.7 Å². The summed E-state index contributed by atoms with van der Waals surface area (Å²) in [5, 5.41) is 3.05. The summed E-state index contributed by atoms with van der Waals surface area (Å²) in [7, 11) is -1.91. The second-order valence-electron chi connectivity index (χ2n) is 7.62. The summed E-state index contributed by atoms with van der Waals surface area (Å²) >= 11 is 3.47. The summed E-state index contributed by atoms with van der Waals surface area (Å²) in [6.45, 7) is 4.54. The van der Waals surface area contributed by atoms with Crippen molar-refractivity contribution in [3.63, 3.8) is 0 Å². The van der Waals surface area contributed by atoms with Crippen molar-refractivity contribution in [2.24, 2.45) is 5.92 Å². The van der Waals surface area contributed by atoms with Gasteiger partial charge in [0.2, 0.25) is 15.9 Å². The number of halogens is 1. The van der Waals surface area contributed by atoms with Crippen molar-refractivity contribution in [1.29, 1.82) is 0 Å². The van der Waals surface area contributed by atoms with Crippen molar-refractivity contribution in [3.05, 3.63) is 58.1 Å². The molecule has 8 heteroatoms. The van der Waals surface area contributed by atoms with Crippen LogP contribution in [-0.4, -0.2) is 38.8 Å². The molecule has 2 aromatic rings. The van der Waals surface area contributed by atoms with Crippen LogP contribution in [0.2, 0.25) is 0 Å². The highest BCUT2D eigenvalue weighted by molar-refractivity contribution is 9.10. The largest absolute Gasteiger partial charge is 0.496 e. The van der Waals surface area contributed by atoms with Crippen molar-refractivity contribution in [2.45, 2.75) is 37.6 Å². The first-order valence-corrected chi connectivity index (χ1v) is 12.2. The highest BCUT2D eigenvalue weighted by Crippen LogP contribution is 2.29. The number of aryl methyl sites for hydroxylation is 1. The minimum absolute atomic E-state index is 0.0400. The van der Waals surface area contributed by atoms with E-state index in [4.69, 9.17) is 4.74 Å². The highest BCUT2D eigenvalue weighted by Gasteiger charge is 2.32. The molecule has 1 aliphatic heterocycles. The first-order valence-electron chi connectivity index (χ1n) is 9.93. The molecule has 0 aliphatic carbocycles. The highest BCUT2D eigenvalue weighted by atomic mass is 79.9. The van der Waals surface area contributed by atoms with Crippen LogP contribution in [0.4, 0.5) is 0 Å². The third kappa shape index (κ3) is 5.04. The van der Waals surface area contributed by atoms with Crippen molar-refractivity contribution in [1.82, 2.24) is 9.62 Å². The van der Waals surface area contributed by atoms with E-state index in [1.165, 1.54) is 4.31 Å². The lowest BCUT2D eigenvalue weighted by Crippen LogP contribution is -2.43. The van der Waals surface area contributed by atoms with Crippen LogP contribution in [-0.2, 0) is 14.8 Å². The fourth-order valence-corrected chi connectivity index (χ4v) is 5.61.